The van der Waals surface area contributed by atoms with E-state index in [0.29, 0.717) is 6.42 Å². The number of fused-ring (bicyclic) bond motifs is 3. The average Bonchev–Trinajstić information content (AvgIpc) is 3.39. The van der Waals surface area contributed by atoms with Crippen LogP contribution in [0.15, 0.2) is 40.3 Å². The van der Waals surface area contributed by atoms with E-state index in [1.54, 1.807) is 19.6 Å². The largest absolute Gasteiger partial charge is 0.472 e. The fraction of sp³-hybridized carbons (Fsp3) is 0.690. The SMILES string of the molecule is CO/N=C1\C=C[C@]2(C)[C@H]3CC[C@@]4(C)[C@@H](c5ccoc5)OC(=O)[C@H]5O[C@]54[C@]3(C)[C@H](OC(C)=O)C[C@H]2C1(C)C. The number of esters is 2. The number of hydrogen-bond donors (Lipinski definition) is 0. The summed E-state index contributed by atoms with van der Waals surface area (Å²) in [7, 11) is 1.56. The molecule has 0 unspecified atom stereocenters. The molecule has 4 fully saturated rings. The first kappa shape index (κ1) is 24.7. The Balaban J connectivity index is 1.54. The normalized spacial score (nSPS) is 48.1. The topological polar surface area (TPSA) is 99.9 Å². The number of cyclic esters (lactones) is 1. The zero-order valence-corrected chi connectivity index (χ0v) is 22.7. The molecule has 3 aliphatic carbocycles. The fourth-order valence-electron chi connectivity index (χ4n) is 9.46. The number of oxime groups is 1. The van der Waals surface area contributed by atoms with Gasteiger partial charge in [0.05, 0.1) is 18.2 Å². The van der Waals surface area contributed by atoms with Crippen LogP contribution < -0.4 is 0 Å². The van der Waals surface area contributed by atoms with E-state index < -0.39 is 34.7 Å². The molecule has 2 saturated heterocycles. The third-order valence-electron chi connectivity index (χ3n) is 11.1. The molecular weight excluding hydrogens is 474 g/mol. The van der Waals surface area contributed by atoms with Crippen LogP contribution in [0.3, 0.4) is 0 Å². The molecule has 1 spiro atoms. The van der Waals surface area contributed by atoms with Gasteiger partial charge < -0.3 is 23.5 Å². The Morgan fingerprint density at radius 3 is 2.54 bits per heavy atom. The van der Waals surface area contributed by atoms with E-state index in [1.165, 1.54) is 6.92 Å². The van der Waals surface area contributed by atoms with Crippen LogP contribution in [0.5, 0.6) is 0 Å². The van der Waals surface area contributed by atoms with Crippen LogP contribution in [0.4, 0.5) is 0 Å². The lowest BCUT2D eigenvalue weighted by Gasteiger charge is -2.68. The second-order valence-corrected chi connectivity index (χ2v) is 12.9. The molecule has 2 saturated carbocycles. The first-order chi connectivity index (χ1) is 17.4. The number of nitrogens with zero attached hydrogens (tertiary/aromatic N) is 1. The maximum absolute atomic E-state index is 13.3. The highest BCUT2D eigenvalue weighted by molar-refractivity contribution is 6.00. The summed E-state index contributed by atoms with van der Waals surface area (Å²) in [5.41, 5.74) is -0.809. The summed E-state index contributed by atoms with van der Waals surface area (Å²) in [6, 6.07) is 1.86. The molecular formula is C29H37NO7. The lowest BCUT2D eigenvalue weighted by molar-refractivity contribution is -0.249. The Morgan fingerprint density at radius 1 is 1.14 bits per heavy atom. The summed E-state index contributed by atoms with van der Waals surface area (Å²) in [6.45, 7) is 12.5. The fourth-order valence-corrected chi connectivity index (χ4v) is 9.46. The standard InChI is InChI=1S/C29H37NO7/c1-16(31)35-21-14-19-25(2,3)20(30-33-7)9-11-26(19,4)18-8-12-27(5)22(17-10-13-34-15-17)36-24(32)23-29(27,37-23)28(18,21)6/h9-11,13,15,18-19,21-23H,8,12,14H2,1-7H3/b30-20+/t18-,19+,21-,22-,23-,26-,27+,28+,29-/m1/s1. The minimum Gasteiger partial charge on any atom is -0.472 e. The van der Waals surface area contributed by atoms with Gasteiger partial charge in [0.1, 0.15) is 24.9 Å². The summed E-state index contributed by atoms with van der Waals surface area (Å²) < 4.78 is 24.2. The Kier molecular flexibility index (Phi) is 5.00. The molecule has 8 heteroatoms. The Labute approximate surface area is 217 Å². The summed E-state index contributed by atoms with van der Waals surface area (Å²) in [4.78, 5) is 31.1. The minimum absolute atomic E-state index is 0.0942. The van der Waals surface area contributed by atoms with Crippen molar-refractivity contribution in [3.05, 3.63) is 36.3 Å². The monoisotopic (exact) mass is 511 g/mol. The molecule has 0 radical (unpaired) electrons. The lowest BCUT2D eigenvalue weighted by atomic mass is 9.35. The predicted molar refractivity (Wildman–Crippen MR) is 133 cm³/mol. The molecule has 0 aromatic carbocycles. The molecule has 0 bridgehead atoms. The second-order valence-electron chi connectivity index (χ2n) is 12.9. The van der Waals surface area contributed by atoms with E-state index in [2.05, 4.69) is 51.9 Å². The van der Waals surface area contributed by atoms with Gasteiger partial charge in [-0.15, -0.1) is 0 Å². The predicted octanol–water partition coefficient (Wildman–Crippen LogP) is 4.99. The molecule has 5 aliphatic rings. The van der Waals surface area contributed by atoms with Crippen LogP contribution in [0.1, 0.15) is 72.5 Å². The van der Waals surface area contributed by atoms with Crippen molar-refractivity contribution >= 4 is 17.7 Å². The van der Waals surface area contributed by atoms with Crippen molar-refractivity contribution in [1.82, 2.24) is 0 Å². The smallest absolute Gasteiger partial charge is 0.339 e. The third-order valence-corrected chi connectivity index (χ3v) is 11.1. The van der Waals surface area contributed by atoms with Crippen LogP contribution in [0.2, 0.25) is 0 Å². The van der Waals surface area contributed by atoms with Gasteiger partial charge in [-0.2, -0.15) is 0 Å². The molecule has 200 valence electrons. The van der Waals surface area contributed by atoms with Crippen molar-refractivity contribution in [2.45, 2.75) is 84.7 Å². The van der Waals surface area contributed by atoms with Gasteiger partial charge in [-0.1, -0.05) is 45.9 Å². The maximum Gasteiger partial charge on any atom is 0.339 e. The van der Waals surface area contributed by atoms with Crippen LogP contribution >= 0.6 is 0 Å². The van der Waals surface area contributed by atoms with Gasteiger partial charge in [-0.25, -0.2) is 4.79 Å². The number of hydrogen-bond acceptors (Lipinski definition) is 8. The van der Waals surface area contributed by atoms with Gasteiger partial charge in [-0.3, -0.25) is 4.79 Å². The Morgan fingerprint density at radius 2 is 1.89 bits per heavy atom. The number of rotatable bonds is 3. The van der Waals surface area contributed by atoms with Crippen molar-refractivity contribution in [2.24, 2.45) is 38.7 Å². The second kappa shape index (κ2) is 7.49. The van der Waals surface area contributed by atoms with Gasteiger partial charge in [0.2, 0.25) is 0 Å². The van der Waals surface area contributed by atoms with E-state index in [1.807, 2.05) is 6.07 Å². The zero-order chi connectivity index (χ0) is 26.6. The number of ether oxygens (including phenoxy) is 3. The van der Waals surface area contributed by atoms with Gasteiger partial charge in [0, 0.05) is 28.7 Å². The van der Waals surface area contributed by atoms with Crippen molar-refractivity contribution < 1.29 is 33.1 Å². The molecule has 9 atom stereocenters. The lowest BCUT2D eigenvalue weighted by Crippen LogP contribution is -2.72. The first-order valence-electron chi connectivity index (χ1n) is 13.3. The Hall–Kier alpha value is -2.61. The van der Waals surface area contributed by atoms with Crippen LogP contribution in [-0.2, 0) is 28.6 Å². The summed E-state index contributed by atoms with van der Waals surface area (Å²) in [5, 5.41) is 4.34. The van der Waals surface area contributed by atoms with Crippen molar-refractivity contribution in [2.75, 3.05) is 7.11 Å². The molecule has 37 heavy (non-hydrogen) atoms. The van der Waals surface area contributed by atoms with E-state index in [0.717, 1.165) is 24.1 Å². The average molecular weight is 512 g/mol. The van der Waals surface area contributed by atoms with Gasteiger partial charge >= 0.3 is 11.9 Å². The van der Waals surface area contributed by atoms with Crippen molar-refractivity contribution in [3.8, 4) is 0 Å². The van der Waals surface area contributed by atoms with Crippen LogP contribution in [0.25, 0.3) is 0 Å². The highest BCUT2D eigenvalue weighted by Gasteiger charge is 2.88. The number of carbonyl (C=O) groups excluding carboxylic acids is 2. The van der Waals surface area contributed by atoms with Gasteiger partial charge in [-0.05, 0) is 48.7 Å². The molecule has 0 N–H and O–H groups in total. The molecule has 2 aliphatic heterocycles. The number of epoxide rings is 1. The summed E-state index contributed by atoms with van der Waals surface area (Å²) >= 11 is 0. The first-order valence-corrected chi connectivity index (χ1v) is 13.3. The molecule has 8 nitrogen and oxygen atoms in total. The van der Waals surface area contributed by atoms with Crippen LogP contribution in [-0.4, -0.2) is 42.6 Å². The quantitative estimate of drug-likeness (QED) is 0.320. The number of allylic oxidation sites excluding steroid dienone is 2. The Bertz CT molecular complexity index is 1200. The highest BCUT2D eigenvalue weighted by atomic mass is 16.7. The van der Waals surface area contributed by atoms with Crippen molar-refractivity contribution in [3.63, 3.8) is 0 Å². The van der Waals surface area contributed by atoms with E-state index in [9.17, 15) is 9.59 Å². The van der Waals surface area contributed by atoms with Crippen molar-refractivity contribution in [1.29, 1.82) is 0 Å². The van der Waals surface area contributed by atoms with E-state index in [4.69, 9.17) is 23.5 Å². The van der Waals surface area contributed by atoms with Gasteiger partial charge in [0.15, 0.2) is 6.10 Å². The van der Waals surface area contributed by atoms with Crippen LogP contribution in [0, 0.1) is 33.5 Å². The zero-order valence-electron chi connectivity index (χ0n) is 22.7. The summed E-state index contributed by atoms with van der Waals surface area (Å²) in [5.74, 6) is -0.446. The molecule has 1 aromatic rings. The molecule has 0 amide bonds. The highest BCUT2D eigenvalue weighted by Crippen LogP contribution is 2.79. The molecule has 1 aromatic heterocycles. The van der Waals surface area contributed by atoms with E-state index >= 15 is 0 Å². The number of furan rings is 1. The maximum atomic E-state index is 13.3. The van der Waals surface area contributed by atoms with E-state index in [-0.39, 0.29) is 34.6 Å². The van der Waals surface area contributed by atoms with Gasteiger partial charge in [0.25, 0.3) is 0 Å². The molecule has 6 rings (SSSR count). The summed E-state index contributed by atoms with van der Waals surface area (Å²) in [6.07, 6.45) is 8.30. The molecule has 3 heterocycles. The minimum atomic E-state index is -0.826. The third kappa shape index (κ3) is 2.80. The number of carbonyl (C=O) groups is 2.